The molecule has 0 radical (unpaired) electrons. The monoisotopic (exact) mass is 567 g/mol. The number of likely N-dealkylation sites (N-methyl/N-ethyl adjacent to an activating group) is 1. The zero-order valence-corrected chi connectivity index (χ0v) is 23.6. The minimum absolute atomic E-state index is 0.104. The van der Waals surface area contributed by atoms with Crippen LogP contribution in [0.2, 0.25) is 0 Å². The lowest BCUT2D eigenvalue weighted by Crippen LogP contribution is -2.45. The third kappa shape index (κ3) is 6.35. The van der Waals surface area contributed by atoms with Gasteiger partial charge in [-0.1, -0.05) is 50.3 Å². The van der Waals surface area contributed by atoms with Crippen LogP contribution in [-0.4, -0.2) is 58.4 Å². The highest BCUT2D eigenvalue weighted by atomic mass is 32.1. The summed E-state index contributed by atoms with van der Waals surface area (Å²) in [7, 11) is 0. The maximum absolute atomic E-state index is 14.0. The fourth-order valence-electron chi connectivity index (χ4n) is 4.83. The Morgan fingerprint density at radius 3 is 2.45 bits per heavy atom. The Balaban J connectivity index is 1.33. The molecule has 1 aliphatic heterocycles. The van der Waals surface area contributed by atoms with Crippen LogP contribution < -0.4 is 5.32 Å². The van der Waals surface area contributed by atoms with Crippen molar-refractivity contribution in [2.75, 3.05) is 38.0 Å². The van der Waals surface area contributed by atoms with Crippen molar-refractivity contribution in [3.8, 4) is 11.3 Å². The molecule has 0 bridgehead atoms. The molecular weight excluding hydrogens is 535 g/mol. The second-order valence-corrected chi connectivity index (χ2v) is 11.4. The van der Waals surface area contributed by atoms with E-state index >= 15 is 0 Å². The topological polar surface area (TPSA) is 61.4 Å². The van der Waals surface area contributed by atoms with Crippen molar-refractivity contribution in [2.45, 2.75) is 39.4 Å². The van der Waals surface area contributed by atoms with Crippen LogP contribution in [0.5, 0.6) is 0 Å². The number of hydrogen-bond acceptors (Lipinski definition) is 6. The number of rotatable bonds is 7. The van der Waals surface area contributed by atoms with Gasteiger partial charge in [0.15, 0.2) is 0 Å². The van der Waals surface area contributed by atoms with Crippen molar-refractivity contribution in [1.82, 2.24) is 19.8 Å². The maximum Gasteiger partial charge on any atom is 0.416 e. The summed E-state index contributed by atoms with van der Waals surface area (Å²) in [5, 5.41) is 3.66. The number of benzene rings is 2. The SMILES string of the molecule is CCN1CCN(Cc2ccc(NC(=O)c3cccc(-c4ccc5nc(C(C)C)sc5n4)c3)cc2C(F)(F)F)CC1. The van der Waals surface area contributed by atoms with Gasteiger partial charge in [0.1, 0.15) is 10.3 Å². The highest BCUT2D eigenvalue weighted by molar-refractivity contribution is 7.18. The molecule has 210 valence electrons. The molecule has 1 N–H and O–H groups in total. The number of halogens is 3. The highest BCUT2D eigenvalue weighted by Gasteiger charge is 2.34. The van der Waals surface area contributed by atoms with Crippen molar-refractivity contribution in [1.29, 1.82) is 0 Å². The first kappa shape index (κ1) is 28.2. The van der Waals surface area contributed by atoms with Gasteiger partial charge in [-0.2, -0.15) is 13.2 Å². The second-order valence-electron chi connectivity index (χ2n) is 10.3. The molecule has 0 aliphatic carbocycles. The summed E-state index contributed by atoms with van der Waals surface area (Å²) in [6.45, 7) is 10.6. The van der Waals surface area contributed by atoms with Gasteiger partial charge < -0.3 is 10.2 Å². The van der Waals surface area contributed by atoms with Crippen LogP contribution in [0.3, 0.4) is 0 Å². The van der Waals surface area contributed by atoms with Crippen molar-refractivity contribution in [2.24, 2.45) is 0 Å². The molecule has 0 saturated carbocycles. The van der Waals surface area contributed by atoms with Gasteiger partial charge in [0.05, 0.1) is 16.3 Å². The van der Waals surface area contributed by atoms with Gasteiger partial charge in [-0.15, -0.1) is 0 Å². The molecule has 40 heavy (non-hydrogen) atoms. The predicted molar refractivity (Wildman–Crippen MR) is 154 cm³/mol. The van der Waals surface area contributed by atoms with E-state index in [1.165, 1.54) is 6.07 Å². The molecule has 6 nitrogen and oxygen atoms in total. The minimum Gasteiger partial charge on any atom is -0.322 e. The van der Waals surface area contributed by atoms with E-state index < -0.39 is 17.6 Å². The molecule has 5 rings (SSSR count). The zero-order valence-electron chi connectivity index (χ0n) is 22.8. The average Bonchev–Trinajstić information content (AvgIpc) is 3.38. The molecule has 2 aromatic heterocycles. The number of pyridine rings is 1. The lowest BCUT2D eigenvalue weighted by Gasteiger charge is -2.34. The third-order valence-electron chi connectivity index (χ3n) is 7.17. The van der Waals surface area contributed by atoms with E-state index in [0.717, 1.165) is 59.7 Å². The number of carbonyl (C=O) groups is 1. The van der Waals surface area contributed by atoms with E-state index in [1.54, 1.807) is 35.6 Å². The molecule has 1 fully saturated rings. The molecule has 0 unspecified atom stereocenters. The van der Waals surface area contributed by atoms with Gasteiger partial charge in [-0.3, -0.25) is 9.69 Å². The summed E-state index contributed by atoms with van der Waals surface area (Å²) >= 11 is 1.54. The Labute approximate surface area is 235 Å². The van der Waals surface area contributed by atoms with Crippen molar-refractivity contribution >= 4 is 33.3 Å². The van der Waals surface area contributed by atoms with Crippen LogP contribution in [0.25, 0.3) is 21.6 Å². The summed E-state index contributed by atoms with van der Waals surface area (Å²) < 4.78 is 42.0. The van der Waals surface area contributed by atoms with Crippen LogP contribution >= 0.6 is 11.3 Å². The van der Waals surface area contributed by atoms with Crippen LogP contribution in [0.4, 0.5) is 18.9 Å². The van der Waals surface area contributed by atoms with Crippen LogP contribution in [0.1, 0.15) is 53.2 Å². The molecule has 1 amide bonds. The lowest BCUT2D eigenvalue weighted by molar-refractivity contribution is -0.138. The number of thiazole rings is 1. The largest absolute Gasteiger partial charge is 0.416 e. The smallest absolute Gasteiger partial charge is 0.322 e. The standard InChI is InChI=1S/C30H32F3N5OS/c1-4-37-12-14-38(15-13-37)18-22-8-9-23(17-24(22)30(31,32)33)34-27(39)21-7-5-6-20(16-21)25-10-11-26-29(35-25)40-28(36-26)19(2)3/h5-11,16-17,19H,4,12-15,18H2,1-3H3,(H,34,39). The number of alkyl halides is 3. The van der Waals surface area contributed by atoms with E-state index in [9.17, 15) is 18.0 Å². The van der Waals surface area contributed by atoms with Gasteiger partial charge in [0, 0.05) is 55.5 Å². The molecule has 1 aliphatic rings. The van der Waals surface area contributed by atoms with Gasteiger partial charge in [0.25, 0.3) is 5.91 Å². The van der Waals surface area contributed by atoms with E-state index in [4.69, 9.17) is 4.98 Å². The fourth-order valence-corrected chi connectivity index (χ4v) is 5.77. The third-order valence-corrected chi connectivity index (χ3v) is 8.43. The summed E-state index contributed by atoms with van der Waals surface area (Å²) in [6.07, 6.45) is -4.53. The summed E-state index contributed by atoms with van der Waals surface area (Å²) in [5.41, 5.74) is 2.19. The molecule has 10 heteroatoms. The number of hydrogen-bond donors (Lipinski definition) is 1. The second kappa shape index (κ2) is 11.6. The summed E-state index contributed by atoms with van der Waals surface area (Å²) in [6, 6.07) is 14.7. The predicted octanol–water partition coefficient (Wildman–Crippen LogP) is 6.89. The summed E-state index contributed by atoms with van der Waals surface area (Å²) in [4.78, 5) is 27.6. The minimum atomic E-state index is -4.53. The Morgan fingerprint density at radius 2 is 1.75 bits per heavy atom. The average molecular weight is 568 g/mol. The molecule has 1 saturated heterocycles. The molecule has 2 aromatic carbocycles. The van der Waals surface area contributed by atoms with Crippen molar-refractivity contribution in [3.63, 3.8) is 0 Å². The molecule has 3 heterocycles. The molecule has 0 atom stereocenters. The van der Waals surface area contributed by atoms with Crippen LogP contribution in [-0.2, 0) is 12.7 Å². The lowest BCUT2D eigenvalue weighted by atomic mass is 10.0. The number of piperazine rings is 1. The van der Waals surface area contributed by atoms with Crippen LogP contribution in [0.15, 0.2) is 54.6 Å². The maximum atomic E-state index is 14.0. The Morgan fingerprint density at radius 1 is 1.00 bits per heavy atom. The number of nitrogens with zero attached hydrogens (tertiary/aromatic N) is 4. The van der Waals surface area contributed by atoms with Gasteiger partial charge in [0.2, 0.25) is 0 Å². The Kier molecular flexibility index (Phi) is 8.21. The number of nitrogens with one attached hydrogen (secondary N) is 1. The van der Waals surface area contributed by atoms with Gasteiger partial charge in [-0.25, -0.2) is 9.97 Å². The van der Waals surface area contributed by atoms with E-state index in [1.807, 2.05) is 23.1 Å². The van der Waals surface area contributed by atoms with E-state index in [-0.39, 0.29) is 17.8 Å². The van der Waals surface area contributed by atoms with Crippen molar-refractivity contribution in [3.05, 3.63) is 76.3 Å². The number of fused-ring (bicyclic) bond motifs is 1. The molecule has 4 aromatic rings. The number of amides is 1. The summed E-state index contributed by atoms with van der Waals surface area (Å²) in [5.74, 6) is -0.183. The normalized spacial score (nSPS) is 15.2. The number of carbonyl (C=O) groups excluding carboxylic acids is 1. The molecule has 0 spiro atoms. The molecular formula is C30H32F3N5OS. The highest BCUT2D eigenvalue weighted by Crippen LogP contribution is 2.35. The fraction of sp³-hybridized carbons (Fsp3) is 0.367. The number of aromatic nitrogens is 2. The van der Waals surface area contributed by atoms with Crippen molar-refractivity contribution < 1.29 is 18.0 Å². The first-order chi connectivity index (χ1) is 19.1. The van der Waals surface area contributed by atoms with Gasteiger partial charge in [-0.05, 0) is 48.5 Å². The zero-order chi connectivity index (χ0) is 28.4. The number of anilines is 1. The van der Waals surface area contributed by atoms with E-state index in [2.05, 4.69) is 36.0 Å². The quantitative estimate of drug-likeness (QED) is 0.264. The van der Waals surface area contributed by atoms with E-state index in [0.29, 0.717) is 17.2 Å². The van der Waals surface area contributed by atoms with Gasteiger partial charge >= 0.3 is 6.18 Å². The Hall–Kier alpha value is -3.34. The van der Waals surface area contributed by atoms with Crippen LogP contribution in [0, 0.1) is 0 Å². The first-order valence-corrected chi connectivity index (χ1v) is 14.3. The first-order valence-electron chi connectivity index (χ1n) is 13.4. The Bertz CT molecular complexity index is 1510.